The van der Waals surface area contributed by atoms with E-state index in [4.69, 9.17) is 20.2 Å². The van der Waals surface area contributed by atoms with Gasteiger partial charge in [-0.1, -0.05) is 57.9 Å². The first-order valence-corrected chi connectivity index (χ1v) is 12.1. The predicted molar refractivity (Wildman–Crippen MR) is 132 cm³/mol. The summed E-state index contributed by atoms with van der Waals surface area (Å²) >= 11 is 4.94. The number of imidazole rings is 1. The molecular formula is C24H22BrN5O2S. The van der Waals surface area contributed by atoms with Crippen molar-refractivity contribution in [1.82, 2.24) is 19.5 Å². The minimum absolute atomic E-state index is 0.357. The van der Waals surface area contributed by atoms with Crippen LogP contribution >= 0.6 is 27.7 Å². The molecular weight excluding hydrogens is 502 g/mol. The van der Waals surface area contributed by atoms with Crippen LogP contribution in [0.4, 0.5) is 5.82 Å². The topological polar surface area (TPSA) is 88.1 Å². The average molecular weight is 524 g/mol. The van der Waals surface area contributed by atoms with Crippen LogP contribution in [0.2, 0.25) is 0 Å². The Balaban J connectivity index is 1.41. The van der Waals surface area contributed by atoms with Crippen molar-refractivity contribution in [2.75, 3.05) is 5.73 Å². The van der Waals surface area contributed by atoms with Gasteiger partial charge in [0.15, 0.2) is 22.1 Å². The Kier molecular flexibility index (Phi) is 5.99. The van der Waals surface area contributed by atoms with Crippen molar-refractivity contribution in [3.63, 3.8) is 0 Å². The van der Waals surface area contributed by atoms with Crippen molar-refractivity contribution in [3.8, 4) is 0 Å². The van der Waals surface area contributed by atoms with Crippen LogP contribution in [0.25, 0.3) is 11.2 Å². The number of hydrogen-bond donors (Lipinski definition) is 1. The Bertz CT molecular complexity index is 1370. The van der Waals surface area contributed by atoms with E-state index in [0.29, 0.717) is 28.6 Å². The summed E-state index contributed by atoms with van der Waals surface area (Å²) in [7, 11) is 0. The monoisotopic (exact) mass is 523 g/mol. The van der Waals surface area contributed by atoms with Gasteiger partial charge in [-0.2, -0.15) is 0 Å². The van der Waals surface area contributed by atoms with E-state index in [1.807, 2.05) is 24.3 Å². The number of aryl methyl sites for hydroxylation is 4. The molecule has 2 N–H and O–H groups in total. The minimum atomic E-state index is -0.513. The number of nitrogens with two attached hydrogens (primary N) is 1. The van der Waals surface area contributed by atoms with Crippen LogP contribution in [0.15, 0.2) is 69.8 Å². The third-order valence-electron chi connectivity index (χ3n) is 5.50. The third-order valence-corrected chi connectivity index (χ3v) is 7.11. The van der Waals surface area contributed by atoms with Gasteiger partial charge in [-0.25, -0.2) is 15.0 Å². The molecule has 0 saturated heterocycles. The highest BCUT2D eigenvalue weighted by Crippen LogP contribution is 2.40. The number of benzene rings is 2. The van der Waals surface area contributed by atoms with Gasteiger partial charge in [-0.3, -0.25) is 0 Å². The lowest BCUT2D eigenvalue weighted by Gasteiger charge is -2.14. The van der Waals surface area contributed by atoms with Gasteiger partial charge >= 0.3 is 0 Å². The molecule has 5 rings (SSSR count). The summed E-state index contributed by atoms with van der Waals surface area (Å²) in [6, 6.07) is 14.3. The van der Waals surface area contributed by atoms with E-state index < -0.39 is 6.29 Å². The second-order valence-corrected chi connectivity index (χ2v) is 9.63. The first-order chi connectivity index (χ1) is 16.0. The van der Waals surface area contributed by atoms with Gasteiger partial charge in [0.05, 0.1) is 0 Å². The highest BCUT2D eigenvalue weighted by molar-refractivity contribution is 9.10. The lowest BCUT2D eigenvalue weighted by molar-refractivity contribution is -0.0278. The van der Waals surface area contributed by atoms with Crippen molar-refractivity contribution in [2.45, 2.75) is 38.3 Å². The number of ether oxygens (including phenoxy) is 2. The fourth-order valence-electron chi connectivity index (χ4n) is 3.73. The van der Waals surface area contributed by atoms with Crippen LogP contribution in [0.5, 0.6) is 0 Å². The Morgan fingerprint density at radius 1 is 1.15 bits per heavy atom. The van der Waals surface area contributed by atoms with Gasteiger partial charge in [0.25, 0.3) is 6.29 Å². The maximum Gasteiger partial charge on any atom is 0.268 e. The summed E-state index contributed by atoms with van der Waals surface area (Å²) < 4.78 is 14.8. The first kappa shape index (κ1) is 21.8. The van der Waals surface area contributed by atoms with Crippen molar-refractivity contribution in [3.05, 3.63) is 86.9 Å². The van der Waals surface area contributed by atoms with Gasteiger partial charge in [0.2, 0.25) is 5.09 Å². The van der Waals surface area contributed by atoms with Crippen molar-refractivity contribution in [2.24, 2.45) is 0 Å². The summed E-state index contributed by atoms with van der Waals surface area (Å²) in [5, 5.41) is 1.34. The van der Waals surface area contributed by atoms with Gasteiger partial charge in [-0.05, 0) is 49.2 Å². The molecule has 0 amide bonds. The molecule has 2 aromatic heterocycles. The summed E-state index contributed by atoms with van der Waals surface area (Å²) in [4.78, 5) is 13.3. The van der Waals surface area contributed by atoms with Crippen LogP contribution in [0.1, 0.15) is 28.5 Å². The number of halogens is 1. The molecule has 0 spiro atoms. The van der Waals surface area contributed by atoms with E-state index >= 15 is 0 Å². The summed E-state index contributed by atoms with van der Waals surface area (Å²) in [5.41, 5.74) is 12.1. The first-order valence-electron chi connectivity index (χ1n) is 10.5. The van der Waals surface area contributed by atoms with Gasteiger partial charge in [-0.15, -0.1) is 0 Å². The quantitative estimate of drug-likeness (QED) is 0.348. The van der Waals surface area contributed by atoms with Crippen molar-refractivity contribution < 1.29 is 9.47 Å². The molecule has 1 aliphatic rings. The second kappa shape index (κ2) is 9.07. The number of thioether (sulfide) groups is 1. The van der Waals surface area contributed by atoms with E-state index in [1.165, 1.54) is 34.8 Å². The fraction of sp³-hybridized carbons (Fsp3) is 0.208. The standard InChI is InChI=1S/C24H22BrN5O2S/c1-14-7-8-15(2)16(11-14)9-10-30-22-20(21(26)27-13-28-22)29-24(30)33-19-12-31-23(32-19)17-5-3-4-6-18(17)25/h3-8,11-13,23H,9-10H2,1-2H3,(H2,26,27,28). The predicted octanol–water partition coefficient (Wildman–Crippen LogP) is 5.67. The maximum atomic E-state index is 6.10. The lowest BCUT2D eigenvalue weighted by Crippen LogP contribution is -2.06. The molecule has 1 atom stereocenters. The normalized spacial score (nSPS) is 15.4. The van der Waals surface area contributed by atoms with E-state index in [0.717, 1.165) is 21.6 Å². The smallest absolute Gasteiger partial charge is 0.268 e. The summed E-state index contributed by atoms with van der Waals surface area (Å²) in [5.74, 6) is 0.357. The summed E-state index contributed by atoms with van der Waals surface area (Å²) in [6.45, 7) is 4.94. The molecule has 7 nitrogen and oxygen atoms in total. The molecule has 33 heavy (non-hydrogen) atoms. The highest BCUT2D eigenvalue weighted by atomic mass is 79.9. The Morgan fingerprint density at radius 2 is 2.00 bits per heavy atom. The lowest BCUT2D eigenvalue weighted by atomic mass is 10.0. The molecule has 2 aromatic carbocycles. The number of fused-ring (bicyclic) bond motifs is 1. The SMILES string of the molecule is Cc1ccc(C)c(CCn2c(SC3=COC(c4ccccc4Br)O3)nc3c(N)ncnc32)c1. The number of rotatable bonds is 6. The van der Waals surface area contributed by atoms with Crippen LogP contribution in [0.3, 0.4) is 0 Å². The molecule has 1 unspecified atom stereocenters. The zero-order valence-electron chi connectivity index (χ0n) is 18.2. The third kappa shape index (κ3) is 4.43. The van der Waals surface area contributed by atoms with Gasteiger partial charge in [0, 0.05) is 16.6 Å². The molecule has 0 bridgehead atoms. The second-order valence-electron chi connectivity index (χ2n) is 7.80. The number of nitrogen functional groups attached to an aromatic ring is 1. The van der Waals surface area contributed by atoms with Crippen LogP contribution in [0, 0.1) is 13.8 Å². The number of aromatic nitrogens is 4. The number of hydrogen-bond acceptors (Lipinski definition) is 7. The highest BCUT2D eigenvalue weighted by Gasteiger charge is 2.26. The van der Waals surface area contributed by atoms with Gasteiger partial charge in [0.1, 0.15) is 12.6 Å². The zero-order valence-corrected chi connectivity index (χ0v) is 20.6. The Morgan fingerprint density at radius 3 is 2.85 bits per heavy atom. The van der Waals surface area contributed by atoms with Gasteiger partial charge < -0.3 is 19.8 Å². The van der Waals surface area contributed by atoms with Crippen molar-refractivity contribution >= 4 is 44.7 Å². The molecule has 4 aromatic rings. The molecule has 1 aliphatic heterocycles. The molecule has 3 heterocycles. The van der Waals surface area contributed by atoms with Crippen LogP contribution in [-0.2, 0) is 22.4 Å². The molecule has 9 heteroatoms. The van der Waals surface area contributed by atoms with Crippen LogP contribution < -0.4 is 5.73 Å². The van der Waals surface area contributed by atoms with E-state index in [-0.39, 0.29) is 0 Å². The maximum absolute atomic E-state index is 6.10. The molecule has 168 valence electrons. The van der Waals surface area contributed by atoms with Crippen molar-refractivity contribution in [1.29, 1.82) is 0 Å². The van der Waals surface area contributed by atoms with E-state index in [9.17, 15) is 0 Å². The Labute approximate surface area is 204 Å². The average Bonchev–Trinajstić information content (AvgIpc) is 3.40. The largest absolute Gasteiger partial charge is 0.454 e. The molecule has 0 radical (unpaired) electrons. The van der Waals surface area contributed by atoms with E-state index in [2.05, 4.69) is 62.5 Å². The number of nitrogens with zero attached hydrogens (tertiary/aromatic N) is 4. The fourth-order valence-corrected chi connectivity index (χ4v) is 5.05. The Hall–Kier alpha value is -3.04. The molecule has 0 aliphatic carbocycles. The summed E-state index contributed by atoms with van der Waals surface area (Å²) in [6.07, 6.45) is 3.42. The number of anilines is 1. The zero-order chi connectivity index (χ0) is 22.9. The van der Waals surface area contributed by atoms with E-state index in [1.54, 1.807) is 6.26 Å². The molecule has 0 saturated carbocycles. The van der Waals surface area contributed by atoms with Crippen LogP contribution in [-0.4, -0.2) is 19.5 Å². The minimum Gasteiger partial charge on any atom is -0.454 e. The molecule has 0 fully saturated rings.